The highest BCUT2D eigenvalue weighted by atomic mass is 32.2. The Morgan fingerprint density at radius 3 is 2.68 bits per heavy atom. The Hall–Kier alpha value is -1.85. The highest BCUT2D eigenvalue weighted by Crippen LogP contribution is 2.26. The fraction of sp³-hybridized carbons (Fsp3) is 0.176. The van der Waals surface area contributed by atoms with E-state index in [9.17, 15) is 4.79 Å². The number of fused-ring (bicyclic) bond motifs is 1. The number of amides is 1. The molecule has 1 N–H and O–H groups in total. The van der Waals surface area contributed by atoms with Gasteiger partial charge in [-0.05, 0) is 24.6 Å². The van der Waals surface area contributed by atoms with Crippen LogP contribution in [-0.4, -0.2) is 16.1 Å². The van der Waals surface area contributed by atoms with Crippen molar-refractivity contribution in [3.05, 3.63) is 60.2 Å². The van der Waals surface area contributed by atoms with Gasteiger partial charge in [0, 0.05) is 5.75 Å². The summed E-state index contributed by atoms with van der Waals surface area (Å²) in [6.07, 6.45) is 0. The summed E-state index contributed by atoms with van der Waals surface area (Å²) >= 11 is 3.13. The first-order chi connectivity index (χ1) is 10.7. The van der Waals surface area contributed by atoms with Gasteiger partial charge in [0.15, 0.2) is 5.13 Å². The predicted octanol–water partition coefficient (Wildman–Crippen LogP) is 4.56. The lowest BCUT2D eigenvalue weighted by Crippen LogP contribution is -2.22. The topological polar surface area (TPSA) is 42.0 Å². The van der Waals surface area contributed by atoms with Crippen LogP contribution in [0.3, 0.4) is 0 Å². The second-order valence-electron chi connectivity index (χ2n) is 4.91. The Morgan fingerprint density at radius 2 is 1.91 bits per heavy atom. The second-order valence-corrected chi connectivity index (χ2v) is 7.27. The summed E-state index contributed by atoms with van der Waals surface area (Å²) in [6, 6.07) is 18.1. The molecule has 0 aliphatic carbocycles. The summed E-state index contributed by atoms with van der Waals surface area (Å²) in [6.45, 7) is 1.93. The van der Waals surface area contributed by atoms with E-state index in [0.29, 0.717) is 5.13 Å². The third-order valence-corrected chi connectivity index (χ3v) is 5.40. The van der Waals surface area contributed by atoms with Crippen molar-refractivity contribution in [2.45, 2.75) is 17.9 Å². The number of carbonyl (C=O) groups is 1. The molecule has 1 aromatic heterocycles. The van der Waals surface area contributed by atoms with Crippen molar-refractivity contribution < 1.29 is 4.79 Å². The molecule has 1 amide bonds. The molecule has 0 bridgehead atoms. The molecule has 1 heterocycles. The molecule has 0 aliphatic heterocycles. The summed E-state index contributed by atoms with van der Waals surface area (Å²) in [5.74, 6) is 0.829. The van der Waals surface area contributed by atoms with E-state index in [0.717, 1.165) is 16.0 Å². The highest BCUT2D eigenvalue weighted by molar-refractivity contribution is 7.99. The molecule has 112 valence electrons. The van der Waals surface area contributed by atoms with E-state index in [1.165, 1.54) is 16.9 Å². The maximum Gasteiger partial charge on any atom is 0.238 e. The Kier molecular flexibility index (Phi) is 4.75. The lowest BCUT2D eigenvalue weighted by atomic mass is 10.2. The first-order valence-corrected chi connectivity index (χ1v) is 8.91. The van der Waals surface area contributed by atoms with Gasteiger partial charge in [-0.25, -0.2) is 4.98 Å². The van der Waals surface area contributed by atoms with Crippen molar-refractivity contribution >= 4 is 44.4 Å². The fourth-order valence-corrected chi connectivity index (χ4v) is 3.72. The van der Waals surface area contributed by atoms with Gasteiger partial charge in [0.05, 0.1) is 15.5 Å². The summed E-state index contributed by atoms with van der Waals surface area (Å²) < 4.78 is 1.09. The van der Waals surface area contributed by atoms with Crippen LogP contribution in [0.2, 0.25) is 0 Å². The van der Waals surface area contributed by atoms with Gasteiger partial charge < -0.3 is 5.32 Å². The smallest absolute Gasteiger partial charge is 0.238 e. The monoisotopic (exact) mass is 328 g/mol. The zero-order chi connectivity index (χ0) is 15.4. The number of nitrogens with one attached hydrogen (secondary N) is 1. The van der Waals surface area contributed by atoms with Gasteiger partial charge >= 0.3 is 0 Å². The molecule has 0 aliphatic rings. The molecule has 2 aromatic carbocycles. The number of para-hydroxylation sites is 1. The van der Waals surface area contributed by atoms with E-state index < -0.39 is 0 Å². The molecule has 0 radical (unpaired) electrons. The summed E-state index contributed by atoms with van der Waals surface area (Å²) in [4.78, 5) is 16.7. The molecular weight excluding hydrogens is 312 g/mol. The van der Waals surface area contributed by atoms with E-state index >= 15 is 0 Å². The maximum absolute atomic E-state index is 12.2. The molecule has 3 aromatic rings. The van der Waals surface area contributed by atoms with Crippen molar-refractivity contribution in [1.29, 1.82) is 0 Å². The Labute approximate surface area is 137 Å². The average molecular weight is 328 g/mol. The minimum absolute atomic E-state index is 0.0000118. The van der Waals surface area contributed by atoms with Crippen LogP contribution in [0.5, 0.6) is 0 Å². The van der Waals surface area contributed by atoms with Gasteiger partial charge in [0.1, 0.15) is 0 Å². The SMILES string of the molecule is CC(SCc1ccccc1)C(=O)Nc1nc2ccccc2s1. The third-order valence-electron chi connectivity index (χ3n) is 3.24. The molecule has 1 unspecified atom stereocenters. The molecule has 5 heteroatoms. The normalized spacial score (nSPS) is 12.2. The van der Waals surface area contributed by atoms with E-state index in [1.54, 1.807) is 11.8 Å². The quantitative estimate of drug-likeness (QED) is 0.747. The van der Waals surface area contributed by atoms with Crippen molar-refractivity contribution in [3.8, 4) is 0 Å². The molecule has 0 fully saturated rings. The van der Waals surface area contributed by atoms with Gasteiger partial charge in [-0.2, -0.15) is 0 Å². The van der Waals surface area contributed by atoms with E-state index in [1.807, 2.05) is 49.4 Å². The summed E-state index contributed by atoms with van der Waals surface area (Å²) in [5.41, 5.74) is 2.15. The number of benzene rings is 2. The van der Waals surface area contributed by atoms with Crippen LogP contribution in [0, 0.1) is 0 Å². The predicted molar refractivity (Wildman–Crippen MR) is 95.4 cm³/mol. The molecule has 1 atom stereocenters. The van der Waals surface area contributed by atoms with Crippen molar-refractivity contribution in [2.75, 3.05) is 5.32 Å². The first kappa shape index (κ1) is 15.1. The van der Waals surface area contributed by atoms with Crippen LogP contribution in [0.15, 0.2) is 54.6 Å². The number of hydrogen-bond acceptors (Lipinski definition) is 4. The Bertz CT molecular complexity index is 737. The van der Waals surface area contributed by atoms with Gasteiger partial charge in [0.25, 0.3) is 0 Å². The van der Waals surface area contributed by atoms with Gasteiger partial charge in [0.2, 0.25) is 5.91 Å². The van der Waals surface area contributed by atoms with Crippen LogP contribution in [-0.2, 0) is 10.5 Å². The number of aromatic nitrogens is 1. The fourth-order valence-electron chi connectivity index (χ4n) is 2.00. The first-order valence-electron chi connectivity index (χ1n) is 7.04. The molecule has 0 saturated carbocycles. The third kappa shape index (κ3) is 3.67. The van der Waals surface area contributed by atoms with Crippen molar-refractivity contribution in [3.63, 3.8) is 0 Å². The molecular formula is C17H16N2OS2. The lowest BCUT2D eigenvalue weighted by molar-refractivity contribution is -0.115. The lowest BCUT2D eigenvalue weighted by Gasteiger charge is -2.10. The Balaban J connectivity index is 1.58. The van der Waals surface area contributed by atoms with Crippen molar-refractivity contribution in [2.24, 2.45) is 0 Å². The number of carbonyl (C=O) groups excluding carboxylic acids is 1. The molecule has 0 saturated heterocycles. The summed E-state index contributed by atoms with van der Waals surface area (Å²) in [5, 5.41) is 3.46. The van der Waals surface area contributed by atoms with E-state index in [-0.39, 0.29) is 11.2 Å². The average Bonchev–Trinajstić information content (AvgIpc) is 2.95. The van der Waals surface area contributed by atoms with Crippen molar-refractivity contribution in [1.82, 2.24) is 4.98 Å². The molecule has 0 spiro atoms. The maximum atomic E-state index is 12.2. The second kappa shape index (κ2) is 6.94. The zero-order valence-electron chi connectivity index (χ0n) is 12.2. The molecule has 3 nitrogen and oxygen atoms in total. The number of thioether (sulfide) groups is 1. The molecule has 22 heavy (non-hydrogen) atoms. The minimum Gasteiger partial charge on any atom is -0.301 e. The summed E-state index contributed by atoms with van der Waals surface area (Å²) in [7, 11) is 0. The molecule has 3 rings (SSSR count). The van der Waals surface area contributed by atoms with Gasteiger partial charge in [-0.15, -0.1) is 11.8 Å². The zero-order valence-corrected chi connectivity index (χ0v) is 13.8. The minimum atomic E-state index is -0.118. The van der Waals surface area contributed by atoms with Crippen LogP contribution >= 0.6 is 23.1 Å². The van der Waals surface area contributed by atoms with Crippen LogP contribution in [0.1, 0.15) is 12.5 Å². The number of rotatable bonds is 5. The number of hydrogen-bond donors (Lipinski definition) is 1. The van der Waals surface area contributed by atoms with Crippen LogP contribution < -0.4 is 5.32 Å². The number of nitrogens with zero attached hydrogens (tertiary/aromatic N) is 1. The standard InChI is InChI=1S/C17H16N2OS2/c1-12(21-11-13-7-3-2-4-8-13)16(20)19-17-18-14-9-5-6-10-15(14)22-17/h2-10,12H,11H2,1H3,(H,18,19,20). The number of thiazole rings is 1. The highest BCUT2D eigenvalue weighted by Gasteiger charge is 2.15. The van der Waals surface area contributed by atoms with Gasteiger partial charge in [-0.1, -0.05) is 53.8 Å². The van der Waals surface area contributed by atoms with Crippen LogP contribution in [0.4, 0.5) is 5.13 Å². The Morgan fingerprint density at radius 1 is 1.18 bits per heavy atom. The largest absolute Gasteiger partial charge is 0.301 e. The van der Waals surface area contributed by atoms with Crippen LogP contribution in [0.25, 0.3) is 10.2 Å². The number of anilines is 1. The van der Waals surface area contributed by atoms with Gasteiger partial charge in [-0.3, -0.25) is 4.79 Å². The van der Waals surface area contributed by atoms with E-state index in [2.05, 4.69) is 22.4 Å². The van der Waals surface area contributed by atoms with E-state index in [4.69, 9.17) is 0 Å².